The summed E-state index contributed by atoms with van der Waals surface area (Å²) in [4.78, 5) is 16.8. The summed E-state index contributed by atoms with van der Waals surface area (Å²) in [6, 6.07) is 17.6. The van der Waals surface area contributed by atoms with Gasteiger partial charge in [-0.25, -0.2) is 0 Å². The molecule has 36 heavy (non-hydrogen) atoms. The predicted octanol–water partition coefficient (Wildman–Crippen LogP) is 6.30. The number of ether oxygens (including phenoxy) is 2. The van der Waals surface area contributed by atoms with Crippen LogP contribution < -0.4 is 14.4 Å². The van der Waals surface area contributed by atoms with Gasteiger partial charge >= 0.3 is 6.18 Å². The van der Waals surface area contributed by atoms with Gasteiger partial charge in [-0.2, -0.15) is 13.2 Å². The molecule has 0 spiro atoms. The maximum Gasteiger partial charge on any atom is 0.416 e. The van der Waals surface area contributed by atoms with Gasteiger partial charge in [-0.1, -0.05) is 23.7 Å². The zero-order valence-electron chi connectivity index (χ0n) is 19.7. The molecule has 0 radical (unpaired) electrons. The van der Waals surface area contributed by atoms with E-state index in [1.807, 2.05) is 11.8 Å². The average molecular weight is 519 g/mol. The van der Waals surface area contributed by atoms with Crippen LogP contribution in [0.15, 0.2) is 66.7 Å². The zero-order chi connectivity index (χ0) is 25.7. The molecule has 1 aliphatic heterocycles. The molecule has 3 aromatic carbocycles. The molecule has 0 aliphatic carbocycles. The lowest BCUT2D eigenvalue weighted by Gasteiger charge is -2.36. The molecule has 0 unspecified atom stereocenters. The quantitative estimate of drug-likeness (QED) is 0.368. The Labute approximate surface area is 213 Å². The number of alkyl halides is 3. The third-order valence-corrected chi connectivity index (χ3v) is 6.14. The molecule has 0 atom stereocenters. The van der Waals surface area contributed by atoms with E-state index >= 15 is 0 Å². The molecule has 3 aromatic rings. The summed E-state index contributed by atoms with van der Waals surface area (Å²) >= 11 is 6.03. The fraction of sp³-hybridized carbons (Fsp3) is 0.296. The van der Waals surface area contributed by atoms with Gasteiger partial charge in [-0.15, -0.1) is 0 Å². The highest BCUT2D eigenvalue weighted by Gasteiger charge is 2.31. The van der Waals surface area contributed by atoms with Crippen molar-refractivity contribution in [1.82, 2.24) is 4.90 Å². The Balaban J connectivity index is 1.43. The molecule has 1 aliphatic rings. The van der Waals surface area contributed by atoms with Gasteiger partial charge < -0.3 is 19.3 Å². The molecular weight excluding hydrogens is 493 g/mol. The largest absolute Gasteiger partial charge is 0.493 e. The number of hydrogen-bond acceptors (Lipinski definition) is 4. The molecule has 0 saturated carbocycles. The van der Waals surface area contributed by atoms with Gasteiger partial charge in [-0.3, -0.25) is 4.79 Å². The number of rotatable bonds is 7. The molecule has 4 rings (SSSR count). The van der Waals surface area contributed by atoms with Crippen molar-refractivity contribution in [3.63, 3.8) is 0 Å². The Morgan fingerprint density at radius 3 is 2.39 bits per heavy atom. The van der Waals surface area contributed by atoms with E-state index in [0.717, 1.165) is 17.7 Å². The van der Waals surface area contributed by atoms with Gasteiger partial charge in [0.25, 0.3) is 5.91 Å². The van der Waals surface area contributed by atoms with Crippen LogP contribution in [-0.2, 0) is 12.8 Å². The van der Waals surface area contributed by atoms with E-state index in [0.29, 0.717) is 60.6 Å². The molecular formula is C27H26ClF3N2O3. The van der Waals surface area contributed by atoms with E-state index in [-0.39, 0.29) is 12.5 Å². The van der Waals surface area contributed by atoms with E-state index in [4.69, 9.17) is 21.1 Å². The van der Waals surface area contributed by atoms with Crippen LogP contribution in [-0.4, -0.2) is 43.6 Å². The van der Waals surface area contributed by atoms with Crippen molar-refractivity contribution in [2.75, 3.05) is 37.7 Å². The summed E-state index contributed by atoms with van der Waals surface area (Å²) in [5.74, 6) is 1.09. The molecule has 1 amide bonds. The van der Waals surface area contributed by atoms with Crippen LogP contribution in [0.1, 0.15) is 28.4 Å². The summed E-state index contributed by atoms with van der Waals surface area (Å²) in [5, 5.41) is 0.561. The molecule has 0 bridgehead atoms. The summed E-state index contributed by atoms with van der Waals surface area (Å²) in [6.45, 7) is 4.22. The van der Waals surface area contributed by atoms with Crippen molar-refractivity contribution in [2.45, 2.75) is 19.7 Å². The van der Waals surface area contributed by atoms with Crippen molar-refractivity contribution in [1.29, 1.82) is 0 Å². The Morgan fingerprint density at radius 1 is 0.944 bits per heavy atom. The van der Waals surface area contributed by atoms with E-state index in [9.17, 15) is 18.0 Å². The lowest BCUT2D eigenvalue weighted by Crippen LogP contribution is -2.48. The van der Waals surface area contributed by atoms with Crippen LogP contribution in [0, 0.1) is 0 Å². The molecule has 5 nitrogen and oxygen atoms in total. The number of nitrogens with zero attached hydrogens (tertiary/aromatic N) is 2. The monoisotopic (exact) mass is 518 g/mol. The third kappa shape index (κ3) is 6.23. The first kappa shape index (κ1) is 25.7. The standard InChI is InChI=1S/C27H26ClF3N2O3/c1-2-35-25-10-9-19(15-20(25)18-36-24-8-4-6-22(28)17-24)26(34)33-13-11-32(12-14-33)23-7-3-5-21(16-23)27(29,30)31/h3-10,15-17H,2,11-14,18H2,1H3. The smallest absolute Gasteiger partial charge is 0.416 e. The number of carbonyl (C=O) groups is 1. The highest BCUT2D eigenvalue weighted by Crippen LogP contribution is 2.32. The molecule has 0 N–H and O–H groups in total. The van der Waals surface area contributed by atoms with Gasteiger partial charge in [-0.05, 0) is 61.5 Å². The van der Waals surface area contributed by atoms with Crippen molar-refractivity contribution < 1.29 is 27.4 Å². The number of carbonyl (C=O) groups excluding carboxylic acids is 1. The molecule has 190 valence electrons. The fourth-order valence-electron chi connectivity index (χ4n) is 4.07. The van der Waals surface area contributed by atoms with E-state index < -0.39 is 11.7 Å². The van der Waals surface area contributed by atoms with Gasteiger partial charge in [0, 0.05) is 48.0 Å². The summed E-state index contributed by atoms with van der Waals surface area (Å²) in [7, 11) is 0. The second kappa shape index (κ2) is 11.1. The Kier molecular flexibility index (Phi) is 7.94. The highest BCUT2D eigenvalue weighted by molar-refractivity contribution is 6.30. The van der Waals surface area contributed by atoms with Gasteiger partial charge in [0.1, 0.15) is 18.1 Å². The lowest BCUT2D eigenvalue weighted by molar-refractivity contribution is -0.137. The first-order chi connectivity index (χ1) is 17.2. The number of hydrogen-bond donors (Lipinski definition) is 0. The zero-order valence-corrected chi connectivity index (χ0v) is 20.5. The second-order valence-electron chi connectivity index (χ2n) is 8.33. The maximum atomic E-state index is 13.2. The van der Waals surface area contributed by atoms with Crippen molar-refractivity contribution in [3.8, 4) is 11.5 Å². The molecule has 1 fully saturated rings. The summed E-state index contributed by atoms with van der Waals surface area (Å²) < 4.78 is 50.8. The fourth-order valence-corrected chi connectivity index (χ4v) is 4.25. The van der Waals surface area contributed by atoms with E-state index in [1.54, 1.807) is 53.4 Å². The van der Waals surface area contributed by atoms with Crippen molar-refractivity contribution in [2.24, 2.45) is 0 Å². The molecule has 9 heteroatoms. The van der Waals surface area contributed by atoms with Crippen LogP contribution in [0.2, 0.25) is 5.02 Å². The maximum absolute atomic E-state index is 13.2. The number of anilines is 1. The predicted molar refractivity (Wildman–Crippen MR) is 133 cm³/mol. The molecule has 1 saturated heterocycles. The number of halogens is 4. The van der Waals surface area contributed by atoms with E-state index in [2.05, 4.69) is 0 Å². The number of benzene rings is 3. The second-order valence-corrected chi connectivity index (χ2v) is 8.77. The Bertz CT molecular complexity index is 1210. The topological polar surface area (TPSA) is 42.0 Å². The minimum atomic E-state index is -4.39. The molecule has 0 aromatic heterocycles. The molecule has 1 heterocycles. The van der Waals surface area contributed by atoms with Crippen molar-refractivity contribution >= 4 is 23.2 Å². The van der Waals surface area contributed by atoms with Crippen molar-refractivity contribution in [3.05, 3.63) is 88.4 Å². The van der Waals surface area contributed by atoms with Gasteiger partial charge in [0.05, 0.1) is 12.2 Å². The normalized spacial score (nSPS) is 14.0. The minimum absolute atomic E-state index is 0.147. The Hall–Kier alpha value is -3.39. The van der Waals surface area contributed by atoms with E-state index in [1.165, 1.54) is 6.07 Å². The highest BCUT2D eigenvalue weighted by atomic mass is 35.5. The van der Waals surface area contributed by atoms with Crippen LogP contribution in [0.25, 0.3) is 0 Å². The minimum Gasteiger partial charge on any atom is -0.493 e. The van der Waals surface area contributed by atoms with Crippen LogP contribution in [0.3, 0.4) is 0 Å². The van der Waals surface area contributed by atoms with Gasteiger partial charge in [0.2, 0.25) is 0 Å². The lowest BCUT2D eigenvalue weighted by atomic mass is 10.1. The summed E-state index contributed by atoms with van der Waals surface area (Å²) in [5.41, 5.74) is 1.04. The SMILES string of the molecule is CCOc1ccc(C(=O)N2CCN(c3cccc(C(F)(F)F)c3)CC2)cc1COc1cccc(Cl)c1. The number of amides is 1. The van der Waals surface area contributed by atoms with Crippen LogP contribution >= 0.6 is 11.6 Å². The van der Waals surface area contributed by atoms with Gasteiger partial charge in [0.15, 0.2) is 0 Å². The van der Waals surface area contributed by atoms with Crippen LogP contribution in [0.4, 0.5) is 18.9 Å². The first-order valence-electron chi connectivity index (χ1n) is 11.6. The number of piperazine rings is 1. The summed E-state index contributed by atoms with van der Waals surface area (Å²) in [6.07, 6.45) is -4.39. The average Bonchev–Trinajstić information content (AvgIpc) is 2.87. The van der Waals surface area contributed by atoms with Crippen LogP contribution in [0.5, 0.6) is 11.5 Å². The Morgan fingerprint density at radius 2 is 1.69 bits per heavy atom. The third-order valence-electron chi connectivity index (χ3n) is 5.90. The first-order valence-corrected chi connectivity index (χ1v) is 12.0.